The van der Waals surface area contributed by atoms with Gasteiger partial charge in [0.05, 0.1) is 5.56 Å². The second kappa shape index (κ2) is 6.70. The van der Waals surface area contributed by atoms with E-state index in [2.05, 4.69) is 6.07 Å². The van der Waals surface area contributed by atoms with Crippen LogP contribution in [0.15, 0.2) is 42.5 Å². The van der Waals surface area contributed by atoms with E-state index >= 15 is 0 Å². The summed E-state index contributed by atoms with van der Waals surface area (Å²) in [7, 11) is 0. The molecule has 3 rings (SSSR count). The molecular formula is C18H17FN2O3. The van der Waals surface area contributed by atoms with Crippen LogP contribution < -0.4 is 5.73 Å². The van der Waals surface area contributed by atoms with Crippen molar-refractivity contribution in [3.8, 4) is 0 Å². The maximum atomic E-state index is 13.0. The van der Waals surface area contributed by atoms with E-state index in [1.165, 1.54) is 11.6 Å². The summed E-state index contributed by atoms with van der Waals surface area (Å²) in [4.78, 5) is 25.9. The van der Waals surface area contributed by atoms with Gasteiger partial charge in [0.1, 0.15) is 5.82 Å². The lowest BCUT2D eigenvalue weighted by atomic mass is 10.00. The third kappa shape index (κ3) is 3.37. The first kappa shape index (κ1) is 16.0. The molecule has 2 N–H and O–H groups in total. The first-order valence-corrected chi connectivity index (χ1v) is 7.61. The third-order valence-corrected chi connectivity index (χ3v) is 4.04. The van der Waals surface area contributed by atoms with Crippen molar-refractivity contribution in [1.82, 2.24) is 4.90 Å². The highest BCUT2D eigenvalue weighted by Gasteiger charge is 2.22. The Balaban J connectivity index is 1.59. The minimum atomic E-state index is -0.738. The second-order valence-corrected chi connectivity index (χ2v) is 5.64. The largest absolute Gasteiger partial charge is 0.452 e. The Bertz CT molecular complexity index is 792. The quantitative estimate of drug-likeness (QED) is 0.692. The minimum absolute atomic E-state index is 0.0145. The predicted molar refractivity (Wildman–Crippen MR) is 86.7 cm³/mol. The number of halogens is 1. The number of anilines is 1. The second-order valence-electron chi connectivity index (χ2n) is 5.64. The standard InChI is InChI=1S/C18H17FN2O3/c19-14-5-6-15(16(20)9-14)18(23)24-11-17(22)21-8-7-12-3-1-2-4-13(12)10-21/h1-6,9H,7-8,10-11,20H2. The molecule has 0 bridgehead atoms. The van der Waals surface area contributed by atoms with Gasteiger partial charge in [-0.2, -0.15) is 0 Å². The van der Waals surface area contributed by atoms with Crippen molar-refractivity contribution in [2.24, 2.45) is 0 Å². The monoisotopic (exact) mass is 328 g/mol. The summed E-state index contributed by atoms with van der Waals surface area (Å²) in [6.45, 7) is 0.731. The molecule has 0 saturated heterocycles. The fourth-order valence-corrected chi connectivity index (χ4v) is 2.72. The maximum absolute atomic E-state index is 13.0. The molecule has 0 atom stereocenters. The zero-order chi connectivity index (χ0) is 17.1. The molecule has 24 heavy (non-hydrogen) atoms. The van der Waals surface area contributed by atoms with Crippen LogP contribution in [0.5, 0.6) is 0 Å². The first-order chi connectivity index (χ1) is 11.5. The van der Waals surface area contributed by atoms with Gasteiger partial charge in [0.15, 0.2) is 6.61 Å². The van der Waals surface area contributed by atoms with Gasteiger partial charge in [-0.3, -0.25) is 4.79 Å². The number of nitrogen functional groups attached to an aromatic ring is 1. The normalized spacial score (nSPS) is 13.3. The van der Waals surface area contributed by atoms with Gasteiger partial charge in [-0.1, -0.05) is 24.3 Å². The molecule has 2 aromatic rings. The molecule has 5 nitrogen and oxygen atoms in total. The molecule has 0 spiro atoms. The molecule has 0 unspecified atom stereocenters. The highest BCUT2D eigenvalue weighted by atomic mass is 19.1. The Morgan fingerprint density at radius 3 is 2.67 bits per heavy atom. The van der Waals surface area contributed by atoms with Gasteiger partial charge >= 0.3 is 5.97 Å². The van der Waals surface area contributed by atoms with Gasteiger partial charge in [-0.15, -0.1) is 0 Å². The van der Waals surface area contributed by atoms with Crippen LogP contribution in [-0.4, -0.2) is 29.9 Å². The topological polar surface area (TPSA) is 72.6 Å². The van der Waals surface area contributed by atoms with Crippen molar-refractivity contribution >= 4 is 17.6 Å². The number of ether oxygens (including phenoxy) is 1. The molecule has 0 saturated carbocycles. The molecule has 2 aromatic carbocycles. The molecule has 0 fully saturated rings. The zero-order valence-electron chi connectivity index (χ0n) is 13.0. The molecule has 1 aliphatic rings. The van der Waals surface area contributed by atoms with E-state index in [1.54, 1.807) is 4.90 Å². The van der Waals surface area contributed by atoms with Crippen LogP contribution >= 0.6 is 0 Å². The lowest BCUT2D eigenvalue weighted by molar-refractivity contribution is -0.135. The van der Waals surface area contributed by atoms with Gasteiger partial charge in [0.25, 0.3) is 5.91 Å². The zero-order valence-corrected chi connectivity index (χ0v) is 13.0. The van der Waals surface area contributed by atoms with Gasteiger partial charge in [0.2, 0.25) is 0 Å². The summed E-state index contributed by atoms with van der Waals surface area (Å²) in [5, 5.41) is 0. The number of nitrogens with two attached hydrogens (primary N) is 1. The number of carbonyl (C=O) groups is 2. The van der Waals surface area contributed by atoms with Crippen molar-refractivity contribution in [2.75, 3.05) is 18.9 Å². The van der Waals surface area contributed by atoms with Crippen molar-refractivity contribution in [1.29, 1.82) is 0 Å². The molecule has 1 heterocycles. The highest BCUT2D eigenvalue weighted by molar-refractivity contribution is 5.96. The Morgan fingerprint density at radius 2 is 1.92 bits per heavy atom. The number of rotatable bonds is 3. The Morgan fingerprint density at radius 1 is 1.17 bits per heavy atom. The van der Waals surface area contributed by atoms with Crippen LogP contribution in [0, 0.1) is 5.82 Å². The number of benzene rings is 2. The first-order valence-electron chi connectivity index (χ1n) is 7.61. The van der Waals surface area contributed by atoms with E-state index in [-0.39, 0.29) is 23.8 Å². The van der Waals surface area contributed by atoms with Crippen LogP contribution in [0.25, 0.3) is 0 Å². The van der Waals surface area contributed by atoms with Crippen LogP contribution in [0.3, 0.4) is 0 Å². The van der Waals surface area contributed by atoms with Crippen LogP contribution in [0.4, 0.5) is 10.1 Å². The van der Waals surface area contributed by atoms with E-state index in [0.29, 0.717) is 13.1 Å². The molecular weight excluding hydrogens is 311 g/mol. The van der Waals surface area contributed by atoms with E-state index < -0.39 is 11.8 Å². The van der Waals surface area contributed by atoms with Crippen LogP contribution in [0.2, 0.25) is 0 Å². The van der Waals surface area contributed by atoms with E-state index in [0.717, 1.165) is 24.1 Å². The van der Waals surface area contributed by atoms with Crippen molar-refractivity contribution in [3.63, 3.8) is 0 Å². The smallest absolute Gasteiger partial charge is 0.340 e. The van der Waals surface area contributed by atoms with Gasteiger partial charge in [0, 0.05) is 18.8 Å². The highest BCUT2D eigenvalue weighted by Crippen LogP contribution is 2.19. The van der Waals surface area contributed by atoms with E-state index in [4.69, 9.17) is 10.5 Å². The molecule has 0 aromatic heterocycles. The lowest BCUT2D eigenvalue weighted by Gasteiger charge is -2.28. The van der Waals surface area contributed by atoms with Crippen LogP contribution in [-0.2, 0) is 22.5 Å². The number of carbonyl (C=O) groups excluding carboxylic acids is 2. The van der Waals surface area contributed by atoms with Gasteiger partial charge < -0.3 is 15.4 Å². The molecule has 0 radical (unpaired) electrons. The van der Waals surface area contributed by atoms with Crippen LogP contribution in [0.1, 0.15) is 21.5 Å². The summed E-state index contributed by atoms with van der Waals surface area (Å²) >= 11 is 0. The number of hydrogen-bond donors (Lipinski definition) is 1. The average molecular weight is 328 g/mol. The minimum Gasteiger partial charge on any atom is -0.452 e. The molecule has 0 aliphatic carbocycles. The Kier molecular flexibility index (Phi) is 4.46. The fourth-order valence-electron chi connectivity index (χ4n) is 2.72. The van der Waals surface area contributed by atoms with Crippen molar-refractivity contribution in [2.45, 2.75) is 13.0 Å². The Hall–Kier alpha value is -2.89. The summed E-state index contributed by atoms with van der Waals surface area (Å²) in [5.41, 5.74) is 7.96. The summed E-state index contributed by atoms with van der Waals surface area (Å²) in [5.74, 6) is -1.54. The molecule has 124 valence electrons. The summed E-state index contributed by atoms with van der Waals surface area (Å²) < 4.78 is 18.0. The van der Waals surface area contributed by atoms with Crippen molar-refractivity contribution in [3.05, 3.63) is 65.0 Å². The Labute approximate surface area is 138 Å². The number of amides is 1. The van der Waals surface area contributed by atoms with Gasteiger partial charge in [-0.25, -0.2) is 9.18 Å². The number of esters is 1. The third-order valence-electron chi connectivity index (χ3n) is 4.04. The SMILES string of the molecule is Nc1cc(F)ccc1C(=O)OCC(=O)N1CCc2ccccc2C1. The number of fused-ring (bicyclic) bond motifs is 1. The van der Waals surface area contributed by atoms with E-state index in [1.807, 2.05) is 18.2 Å². The molecule has 1 aliphatic heterocycles. The average Bonchev–Trinajstić information content (AvgIpc) is 2.59. The number of hydrogen-bond acceptors (Lipinski definition) is 4. The fraction of sp³-hybridized carbons (Fsp3) is 0.222. The summed E-state index contributed by atoms with van der Waals surface area (Å²) in [6.07, 6.45) is 0.779. The molecule has 1 amide bonds. The predicted octanol–water partition coefficient (Wildman–Crippen LogP) is 2.15. The van der Waals surface area contributed by atoms with E-state index in [9.17, 15) is 14.0 Å². The van der Waals surface area contributed by atoms with Crippen molar-refractivity contribution < 1.29 is 18.7 Å². The lowest BCUT2D eigenvalue weighted by Crippen LogP contribution is -2.38. The van der Waals surface area contributed by atoms with Gasteiger partial charge in [-0.05, 0) is 35.7 Å². The molecule has 6 heteroatoms. The number of nitrogens with zero attached hydrogens (tertiary/aromatic N) is 1. The maximum Gasteiger partial charge on any atom is 0.340 e. The summed E-state index contributed by atoms with van der Waals surface area (Å²) in [6, 6.07) is 11.4.